The molecule has 0 bridgehead atoms. The third-order valence-electron chi connectivity index (χ3n) is 2.80. The van der Waals surface area contributed by atoms with Crippen LogP contribution in [-0.2, 0) is 0 Å². The number of rotatable bonds is 1. The van der Waals surface area contributed by atoms with Crippen molar-refractivity contribution in [2.24, 2.45) is 0 Å². The van der Waals surface area contributed by atoms with Gasteiger partial charge in [-0.3, -0.25) is 0 Å². The molecule has 1 aliphatic rings. The van der Waals surface area contributed by atoms with E-state index in [0.717, 1.165) is 32.4 Å². The number of hydrogen-bond acceptors (Lipinski definition) is 3. The molecule has 0 spiro atoms. The Morgan fingerprint density at radius 3 is 2.24 bits per heavy atom. The number of urea groups is 1. The van der Waals surface area contributed by atoms with Crippen LogP contribution in [0.4, 0.5) is 10.5 Å². The van der Waals surface area contributed by atoms with Crippen LogP contribution < -0.4 is 5.32 Å². The number of benzene rings is 1. The van der Waals surface area contributed by atoms with Crippen LogP contribution in [0.3, 0.4) is 0 Å². The van der Waals surface area contributed by atoms with E-state index in [2.05, 4.69) is 5.32 Å². The molecule has 1 aliphatic heterocycles. The van der Waals surface area contributed by atoms with Gasteiger partial charge in [0.05, 0.1) is 0 Å². The number of hydrogen-bond donors (Lipinski definition) is 3. The van der Waals surface area contributed by atoms with Gasteiger partial charge in [-0.1, -0.05) is 0 Å². The molecule has 5 heteroatoms. The Kier molecular flexibility index (Phi) is 3.37. The predicted octanol–water partition coefficient (Wildman–Crippen LogP) is 2.12. The minimum absolute atomic E-state index is 0.0704. The van der Waals surface area contributed by atoms with Crippen molar-refractivity contribution in [3.05, 3.63) is 18.2 Å². The maximum Gasteiger partial charge on any atom is 0.321 e. The first-order valence-electron chi connectivity index (χ1n) is 5.74. The molecule has 1 aromatic carbocycles. The smallest absolute Gasteiger partial charge is 0.321 e. The van der Waals surface area contributed by atoms with E-state index in [1.54, 1.807) is 4.90 Å². The second kappa shape index (κ2) is 4.95. The number of piperidine rings is 1. The summed E-state index contributed by atoms with van der Waals surface area (Å²) in [4.78, 5) is 13.6. The lowest BCUT2D eigenvalue weighted by Crippen LogP contribution is -2.38. The maximum absolute atomic E-state index is 11.8. The monoisotopic (exact) mass is 236 g/mol. The maximum atomic E-state index is 11.8. The fourth-order valence-electron chi connectivity index (χ4n) is 1.97. The molecule has 2 rings (SSSR count). The van der Waals surface area contributed by atoms with Gasteiger partial charge in [0.1, 0.15) is 11.5 Å². The minimum Gasteiger partial charge on any atom is -0.508 e. The molecule has 0 aromatic heterocycles. The SMILES string of the molecule is O=C(Nc1cc(O)cc(O)c1)N1CCCCC1. The van der Waals surface area contributed by atoms with Gasteiger partial charge in [0, 0.05) is 37.0 Å². The van der Waals surface area contributed by atoms with E-state index >= 15 is 0 Å². The minimum atomic E-state index is -0.185. The standard InChI is InChI=1S/C12H16N2O3/c15-10-6-9(7-11(16)8-10)13-12(17)14-4-2-1-3-5-14/h6-8,15-16H,1-5H2,(H,13,17). The second-order valence-electron chi connectivity index (χ2n) is 4.22. The first-order valence-corrected chi connectivity index (χ1v) is 5.74. The Morgan fingerprint density at radius 2 is 1.65 bits per heavy atom. The van der Waals surface area contributed by atoms with Crippen LogP contribution in [0.15, 0.2) is 18.2 Å². The summed E-state index contributed by atoms with van der Waals surface area (Å²) in [6.45, 7) is 1.52. The zero-order valence-corrected chi connectivity index (χ0v) is 9.52. The van der Waals surface area contributed by atoms with E-state index in [1.165, 1.54) is 18.2 Å². The fourth-order valence-corrected chi connectivity index (χ4v) is 1.97. The van der Waals surface area contributed by atoms with Crippen molar-refractivity contribution in [1.29, 1.82) is 0 Å². The lowest BCUT2D eigenvalue weighted by Gasteiger charge is -2.26. The van der Waals surface area contributed by atoms with Crippen LogP contribution in [-0.4, -0.2) is 34.2 Å². The first-order chi connectivity index (χ1) is 8.15. The summed E-state index contributed by atoms with van der Waals surface area (Å²) in [6.07, 6.45) is 3.22. The van der Waals surface area contributed by atoms with Crippen molar-refractivity contribution in [3.63, 3.8) is 0 Å². The summed E-state index contributed by atoms with van der Waals surface area (Å²) in [7, 11) is 0. The van der Waals surface area contributed by atoms with Gasteiger partial charge in [-0.05, 0) is 19.3 Å². The van der Waals surface area contributed by atoms with Crippen molar-refractivity contribution in [2.75, 3.05) is 18.4 Å². The highest BCUT2D eigenvalue weighted by molar-refractivity contribution is 5.89. The lowest BCUT2D eigenvalue weighted by molar-refractivity contribution is 0.200. The van der Waals surface area contributed by atoms with Crippen molar-refractivity contribution >= 4 is 11.7 Å². The topological polar surface area (TPSA) is 72.8 Å². The van der Waals surface area contributed by atoms with Crippen LogP contribution in [0.5, 0.6) is 11.5 Å². The molecule has 92 valence electrons. The van der Waals surface area contributed by atoms with E-state index in [1.807, 2.05) is 0 Å². The highest BCUT2D eigenvalue weighted by atomic mass is 16.3. The fraction of sp³-hybridized carbons (Fsp3) is 0.417. The summed E-state index contributed by atoms with van der Waals surface area (Å²) in [5.74, 6) is -0.141. The number of likely N-dealkylation sites (tertiary alicyclic amines) is 1. The average molecular weight is 236 g/mol. The molecule has 2 amide bonds. The van der Waals surface area contributed by atoms with Gasteiger partial charge in [0.25, 0.3) is 0 Å². The zero-order valence-electron chi connectivity index (χ0n) is 9.52. The van der Waals surface area contributed by atoms with Gasteiger partial charge in [-0.15, -0.1) is 0 Å². The molecule has 1 heterocycles. The number of amides is 2. The van der Waals surface area contributed by atoms with Gasteiger partial charge in [0.2, 0.25) is 0 Å². The number of phenolic OH excluding ortho intramolecular Hbond substituents is 2. The van der Waals surface area contributed by atoms with Crippen molar-refractivity contribution in [1.82, 2.24) is 4.90 Å². The Labute approximate surface area is 99.7 Å². The molecule has 5 nitrogen and oxygen atoms in total. The summed E-state index contributed by atoms with van der Waals surface area (Å²) >= 11 is 0. The normalized spacial score (nSPS) is 15.6. The molecule has 0 radical (unpaired) electrons. The van der Waals surface area contributed by atoms with E-state index in [0.29, 0.717) is 5.69 Å². The zero-order chi connectivity index (χ0) is 12.3. The van der Waals surface area contributed by atoms with Crippen molar-refractivity contribution in [2.45, 2.75) is 19.3 Å². The van der Waals surface area contributed by atoms with E-state index in [-0.39, 0.29) is 17.5 Å². The second-order valence-corrected chi connectivity index (χ2v) is 4.22. The van der Waals surface area contributed by atoms with Crippen LogP contribution in [0.2, 0.25) is 0 Å². The van der Waals surface area contributed by atoms with Crippen LogP contribution >= 0.6 is 0 Å². The molecule has 0 atom stereocenters. The number of nitrogens with one attached hydrogen (secondary N) is 1. The number of anilines is 1. The first kappa shape index (κ1) is 11.6. The molecule has 1 aromatic rings. The molecule has 0 saturated carbocycles. The molecule has 1 saturated heterocycles. The van der Waals surface area contributed by atoms with Gasteiger partial charge in [-0.25, -0.2) is 4.79 Å². The average Bonchev–Trinajstić information content (AvgIpc) is 2.28. The Balaban J connectivity index is 2.01. The lowest BCUT2D eigenvalue weighted by atomic mass is 10.1. The largest absolute Gasteiger partial charge is 0.508 e. The summed E-state index contributed by atoms with van der Waals surface area (Å²) in [6, 6.07) is 3.84. The number of aromatic hydroxyl groups is 2. The molecule has 0 unspecified atom stereocenters. The van der Waals surface area contributed by atoms with Crippen molar-refractivity contribution < 1.29 is 15.0 Å². The van der Waals surface area contributed by atoms with Gasteiger partial charge in [0.15, 0.2) is 0 Å². The summed E-state index contributed by atoms with van der Waals surface area (Å²) in [5, 5.41) is 21.2. The highest BCUT2D eigenvalue weighted by Crippen LogP contribution is 2.24. The number of phenols is 2. The molecular weight excluding hydrogens is 220 g/mol. The quantitative estimate of drug-likeness (QED) is 0.699. The van der Waals surface area contributed by atoms with Crippen LogP contribution in [0.1, 0.15) is 19.3 Å². The third-order valence-corrected chi connectivity index (χ3v) is 2.80. The Hall–Kier alpha value is -1.91. The Bertz CT molecular complexity index is 394. The van der Waals surface area contributed by atoms with Gasteiger partial charge >= 0.3 is 6.03 Å². The summed E-state index contributed by atoms with van der Waals surface area (Å²) < 4.78 is 0. The van der Waals surface area contributed by atoms with Gasteiger partial charge < -0.3 is 20.4 Å². The van der Waals surface area contributed by atoms with Gasteiger partial charge in [-0.2, -0.15) is 0 Å². The molecule has 17 heavy (non-hydrogen) atoms. The summed E-state index contributed by atoms with van der Waals surface area (Å²) in [5.41, 5.74) is 0.401. The van der Waals surface area contributed by atoms with E-state index in [9.17, 15) is 15.0 Å². The molecular formula is C12H16N2O3. The van der Waals surface area contributed by atoms with Crippen LogP contribution in [0.25, 0.3) is 0 Å². The number of nitrogens with zero attached hydrogens (tertiary/aromatic N) is 1. The Morgan fingerprint density at radius 1 is 1.06 bits per heavy atom. The van der Waals surface area contributed by atoms with Crippen LogP contribution in [0, 0.1) is 0 Å². The highest BCUT2D eigenvalue weighted by Gasteiger charge is 2.16. The number of carbonyl (C=O) groups excluding carboxylic acids is 1. The number of carbonyl (C=O) groups is 1. The van der Waals surface area contributed by atoms with Crippen molar-refractivity contribution in [3.8, 4) is 11.5 Å². The third kappa shape index (κ3) is 3.03. The molecule has 0 aliphatic carbocycles. The molecule has 3 N–H and O–H groups in total. The van der Waals surface area contributed by atoms with E-state index < -0.39 is 0 Å². The molecule has 1 fully saturated rings. The van der Waals surface area contributed by atoms with E-state index in [4.69, 9.17) is 0 Å². The predicted molar refractivity (Wildman–Crippen MR) is 64.2 cm³/mol.